The van der Waals surface area contributed by atoms with Crippen LogP contribution in [0.4, 0.5) is 0 Å². The molecule has 1 aliphatic rings. The van der Waals surface area contributed by atoms with Gasteiger partial charge in [-0.2, -0.15) is 4.98 Å². The van der Waals surface area contributed by atoms with E-state index < -0.39 is 0 Å². The monoisotopic (exact) mass is 154 g/mol. The molecule has 4 nitrogen and oxygen atoms in total. The lowest BCUT2D eigenvalue weighted by molar-refractivity contribution is 0.293. The zero-order valence-electron chi connectivity index (χ0n) is 6.16. The Morgan fingerprint density at radius 2 is 2.36 bits per heavy atom. The first-order valence-electron chi connectivity index (χ1n) is 3.83. The summed E-state index contributed by atoms with van der Waals surface area (Å²) in [7, 11) is 0. The molecule has 0 aliphatic heterocycles. The Kier molecular flexibility index (Phi) is 1.62. The molecular weight excluding hydrogens is 144 g/mol. The van der Waals surface area contributed by atoms with Crippen molar-refractivity contribution in [2.24, 2.45) is 0 Å². The van der Waals surface area contributed by atoms with Crippen LogP contribution >= 0.6 is 0 Å². The van der Waals surface area contributed by atoms with Gasteiger partial charge in [0.25, 0.3) is 0 Å². The number of aliphatic hydroxyl groups excluding tert-OH is 1. The Labute approximate surface area is 64.2 Å². The van der Waals surface area contributed by atoms with Gasteiger partial charge in [0.2, 0.25) is 5.89 Å². The molecule has 1 saturated carbocycles. The predicted molar refractivity (Wildman–Crippen MR) is 37.1 cm³/mol. The Balaban J connectivity index is 2.06. The fourth-order valence-electron chi connectivity index (χ4n) is 0.965. The van der Waals surface area contributed by atoms with Gasteiger partial charge in [-0.3, -0.25) is 0 Å². The normalized spacial score (nSPS) is 17.2. The molecule has 0 atom stereocenters. The number of aliphatic hydroxyl groups is 1. The molecule has 60 valence electrons. The zero-order valence-corrected chi connectivity index (χ0v) is 6.16. The minimum atomic E-state index is 0.0869. The average Bonchev–Trinajstić information content (AvgIpc) is 2.75. The van der Waals surface area contributed by atoms with Gasteiger partial charge < -0.3 is 9.63 Å². The van der Waals surface area contributed by atoms with Crippen LogP contribution in [0.3, 0.4) is 0 Å². The molecule has 1 N–H and O–H groups in total. The van der Waals surface area contributed by atoms with E-state index in [-0.39, 0.29) is 6.61 Å². The van der Waals surface area contributed by atoms with Crippen LogP contribution in [-0.2, 0) is 6.42 Å². The quantitative estimate of drug-likeness (QED) is 0.688. The minimum absolute atomic E-state index is 0.0869. The number of hydrogen-bond acceptors (Lipinski definition) is 4. The van der Waals surface area contributed by atoms with Crippen molar-refractivity contribution in [2.75, 3.05) is 6.61 Å². The third-order valence-electron chi connectivity index (χ3n) is 1.75. The molecule has 0 aromatic carbocycles. The van der Waals surface area contributed by atoms with Gasteiger partial charge in [-0.05, 0) is 12.8 Å². The lowest BCUT2D eigenvalue weighted by Crippen LogP contribution is -1.92. The molecule has 1 aliphatic carbocycles. The summed E-state index contributed by atoms with van der Waals surface area (Å²) in [6, 6.07) is 0. The Bertz CT molecular complexity index is 242. The number of nitrogens with zero attached hydrogens (tertiary/aromatic N) is 2. The van der Waals surface area contributed by atoms with Gasteiger partial charge in [0.05, 0.1) is 6.61 Å². The van der Waals surface area contributed by atoms with Crippen molar-refractivity contribution < 1.29 is 9.63 Å². The van der Waals surface area contributed by atoms with E-state index in [1.807, 2.05) is 0 Å². The summed E-state index contributed by atoms with van der Waals surface area (Å²) in [4.78, 5) is 4.12. The second-order valence-corrected chi connectivity index (χ2v) is 2.80. The molecule has 0 unspecified atom stereocenters. The molecule has 0 saturated heterocycles. The highest BCUT2D eigenvalue weighted by Crippen LogP contribution is 2.38. The largest absolute Gasteiger partial charge is 0.396 e. The summed E-state index contributed by atoms with van der Waals surface area (Å²) >= 11 is 0. The van der Waals surface area contributed by atoms with E-state index >= 15 is 0 Å². The maximum atomic E-state index is 8.56. The first kappa shape index (κ1) is 6.79. The van der Waals surface area contributed by atoms with E-state index in [1.165, 1.54) is 12.8 Å². The maximum Gasteiger partial charge on any atom is 0.229 e. The topological polar surface area (TPSA) is 59.2 Å². The fourth-order valence-corrected chi connectivity index (χ4v) is 0.965. The van der Waals surface area contributed by atoms with E-state index in [0.29, 0.717) is 18.2 Å². The van der Waals surface area contributed by atoms with Crippen LogP contribution < -0.4 is 0 Å². The molecule has 1 aromatic rings. The molecule has 1 aromatic heterocycles. The summed E-state index contributed by atoms with van der Waals surface area (Å²) in [5.74, 6) is 1.87. The highest BCUT2D eigenvalue weighted by Gasteiger charge is 2.29. The highest BCUT2D eigenvalue weighted by atomic mass is 16.5. The molecular formula is C7H10N2O2. The van der Waals surface area contributed by atoms with Crippen molar-refractivity contribution in [3.05, 3.63) is 11.7 Å². The first-order valence-corrected chi connectivity index (χ1v) is 3.83. The summed E-state index contributed by atoms with van der Waals surface area (Å²) < 4.78 is 4.97. The number of hydrogen-bond donors (Lipinski definition) is 1. The SMILES string of the molecule is OCCc1noc(C2CC2)n1. The van der Waals surface area contributed by atoms with Crippen LogP contribution in [0.15, 0.2) is 4.52 Å². The highest BCUT2D eigenvalue weighted by molar-refractivity contribution is 5.01. The van der Waals surface area contributed by atoms with Gasteiger partial charge in [-0.15, -0.1) is 0 Å². The van der Waals surface area contributed by atoms with E-state index in [9.17, 15) is 0 Å². The van der Waals surface area contributed by atoms with Crippen LogP contribution in [0.2, 0.25) is 0 Å². The molecule has 0 radical (unpaired) electrons. The molecule has 11 heavy (non-hydrogen) atoms. The lowest BCUT2D eigenvalue weighted by atomic mass is 10.4. The van der Waals surface area contributed by atoms with E-state index in [0.717, 1.165) is 5.89 Å². The van der Waals surface area contributed by atoms with Gasteiger partial charge in [-0.25, -0.2) is 0 Å². The Hall–Kier alpha value is -0.900. The van der Waals surface area contributed by atoms with E-state index in [2.05, 4.69) is 10.1 Å². The van der Waals surface area contributed by atoms with Gasteiger partial charge in [0, 0.05) is 12.3 Å². The number of rotatable bonds is 3. The van der Waals surface area contributed by atoms with Crippen LogP contribution in [0.25, 0.3) is 0 Å². The average molecular weight is 154 g/mol. The van der Waals surface area contributed by atoms with Crippen molar-refractivity contribution in [1.29, 1.82) is 0 Å². The summed E-state index contributed by atoms with van der Waals surface area (Å²) in [5.41, 5.74) is 0. The van der Waals surface area contributed by atoms with Gasteiger partial charge in [0.15, 0.2) is 5.82 Å². The fraction of sp³-hybridized carbons (Fsp3) is 0.714. The molecule has 0 bridgehead atoms. The Morgan fingerprint density at radius 3 is 3.00 bits per heavy atom. The molecule has 0 amide bonds. The number of aromatic nitrogens is 2. The third kappa shape index (κ3) is 1.40. The van der Waals surface area contributed by atoms with E-state index in [4.69, 9.17) is 9.63 Å². The van der Waals surface area contributed by atoms with Crippen LogP contribution in [0.1, 0.15) is 30.5 Å². The smallest absolute Gasteiger partial charge is 0.229 e. The van der Waals surface area contributed by atoms with Crippen molar-refractivity contribution in [1.82, 2.24) is 10.1 Å². The van der Waals surface area contributed by atoms with Crippen molar-refractivity contribution >= 4 is 0 Å². The van der Waals surface area contributed by atoms with Gasteiger partial charge >= 0.3 is 0 Å². The predicted octanol–water partition coefficient (Wildman–Crippen LogP) is 0.482. The second kappa shape index (κ2) is 2.62. The maximum absolute atomic E-state index is 8.56. The molecule has 4 heteroatoms. The summed E-state index contributed by atoms with van der Waals surface area (Å²) in [6.07, 6.45) is 2.83. The van der Waals surface area contributed by atoms with Gasteiger partial charge in [0.1, 0.15) is 0 Å². The molecule has 0 spiro atoms. The lowest BCUT2D eigenvalue weighted by Gasteiger charge is -1.83. The standard InChI is InChI=1S/C7H10N2O2/c10-4-3-6-8-7(11-9-6)5-1-2-5/h5,10H,1-4H2. The Morgan fingerprint density at radius 1 is 1.55 bits per heavy atom. The van der Waals surface area contributed by atoms with Crippen molar-refractivity contribution in [3.63, 3.8) is 0 Å². The van der Waals surface area contributed by atoms with Crippen molar-refractivity contribution in [3.8, 4) is 0 Å². The first-order chi connectivity index (χ1) is 5.40. The summed E-state index contributed by atoms with van der Waals surface area (Å²) in [5, 5.41) is 12.3. The minimum Gasteiger partial charge on any atom is -0.396 e. The zero-order chi connectivity index (χ0) is 7.68. The summed E-state index contributed by atoms with van der Waals surface area (Å²) in [6.45, 7) is 0.0869. The van der Waals surface area contributed by atoms with Gasteiger partial charge in [-0.1, -0.05) is 5.16 Å². The van der Waals surface area contributed by atoms with Crippen LogP contribution in [-0.4, -0.2) is 21.9 Å². The third-order valence-corrected chi connectivity index (χ3v) is 1.75. The molecule has 2 rings (SSSR count). The van der Waals surface area contributed by atoms with E-state index in [1.54, 1.807) is 0 Å². The molecule has 1 heterocycles. The molecule has 1 fully saturated rings. The van der Waals surface area contributed by atoms with Crippen molar-refractivity contribution in [2.45, 2.75) is 25.2 Å². The second-order valence-electron chi connectivity index (χ2n) is 2.80. The van der Waals surface area contributed by atoms with Crippen LogP contribution in [0, 0.1) is 0 Å². The van der Waals surface area contributed by atoms with Crippen LogP contribution in [0.5, 0.6) is 0 Å².